The normalized spacial score (nSPS) is 11.2. The summed E-state index contributed by atoms with van der Waals surface area (Å²) in [6, 6.07) is 21.9. The lowest BCUT2D eigenvalue weighted by Crippen LogP contribution is -2.08. The van der Waals surface area contributed by atoms with E-state index in [2.05, 4.69) is 37.1 Å². The molecule has 0 N–H and O–H groups in total. The topological polar surface area (TPSA) is 83.8 Å². The van der Waals surface area contributed by atoms with Crippen molar-refractivity contribution in [2.45, 2.75) is 91.5 Å². The van der Waals surface area contributed by atoms with Crippen molar-refractivity contribution in [3.63, 3.8) is 0 Å². The minimum absolute atomic E-state index is 0.113. The minimum Gasteiger partial charge on any atom is -0.494 e. The van der Waals surface area contributed by atoms with Crippen LogP contribution in [0.4, 0.5) is 0 Å². The lowest BCUT2D eigenvalue weighted by Gasteiger charge is -2.08. The maximum atomic E-state index is 13.1. The van der Waals surface area contributed by atoms with Gasteiger partial charge in [-0.05, 0) is 105 Å². The van der Waals surface area contributed by atoms with Crippen LogP contribution in [-0.4, -0.2) is 35.5 Å². The number of ketones is 1. The molecule has 0 bridgehead atoms. The standard InChI is InChI=1S/C43H51NO6/c1-5-6-29-44-39(33(4)38-17-13-14-18-40(38)44)27-28-41(45)34-19-25-37(26-20-34)50-43(47)35-21-23-36(24-22-35)48-30-15-11-9-7-8-10-12-16-31-49-42(46)32(2)3/h13-14,17-28H,2,5-12,15-16,29-31H2,1,3-4H3/b28-27+. The average Bonchev–Trinajstić information content (AvgIpc) is 3.40. The Bertz CT molecular complexity index is 1750. The number of unbranched alkanes of at least 4 members (excludes halogenated alkanes) is 8. The van der Waals surface area contributed by atoms with Crippen molar-refractivity contribution in [3.8, 4) is 11.5 Å². The van der Waals surface area contributed by atoms with E-state index in [0.29, 0.717) is 41.4 Å². The lowest BCUT2D eigenvalue weighted by atomic mass is 10.1. The van der Waals surface area contributed by atoms with E-state index in [-0.39, 0.29) is 11.8 Å². The summed E-state index contributed by atoms with van der Waals surface area (Å²) in [5.41, 5.74) is 4.78. The molecule has 0 unspecified atom stereocenters. The number of hydrogen-bond donors (Lipinski definition) is 0. The maximum absolute atomic E-state index is 13.1. The number of carbonyl (C=O) groups excluding carboxylic acids is 3. The average molecular weight is 678 g/mol. The van der Waals surface area contributed by atoms with Gasteiger partial charge in [0.15, 0.2) is 5.78 Å². The zero-order valence-electron chi connectivity index (χ0n) is 29.9. The number of benzene rings is 3. The van der Waals surface area contributed by atoms with Crippen LogP contribution in [0, 0.1) is 6.92 Å². The van der Waals surface area contributed by atoms with Gasteiger partial charge in [-0.1, -0.05) is 76.6 Å². The summed E-state index contributed by atoms with van der Waals surface area (Å²) in [5.74, 6) is 0.189. The summed E-state index contributed by atoms with van der Waals surface area (Å²) in [6.45, 7) is 11.5. The summed E-state index contributed by atoms with van der Waals surface area (Å²) in [7, 11) is 0. The van der Waals surface area contributed by atoms with Crippen molar-refractivity contribution < 1.29 is 28.6 Å². The molecule has 0 aliphatic heterocycles. The molecule has 0 amide bonds. The Kier molecular flexibility index (Phi) is 15.1. The maximum Gasteiger partial charge on any atom is 0.343 e. The van der Waals surface area contributed by atoms with Crippen LogP contribution in [0.25, 0.3) is 17.0 Å². The highest BCUT2D eigenvalue weighted by Gasteiger charge is 2.13. The van der Waals surface area contributed by atoms with Crippen LogP contribution < -0.4 is 9.47 Å². The lowest BCUT2D eigenvalue weighted by molar-refractivity contribution is -0.139. The molecule has 0 fully saturated rings. The van der Waals surface area contributed by atoms with Gasteiger partial charge < -0.3 is 18.8 Å². The van der Waals surface area contributed by atoms with Gasteiger partial charge in [0.2, 0.25) is 0 Å². The fourth-order valence-corrected chi connectivity index (χ4v) is 5.80. The van der Waals surface area contributed by atoms with Gasteiger partial charge in [0.1, 0.15) is 11.5 Å². The molecule has 0 aliphatic rings. The predicted octanol–water partition coefficient (Wildman–Crippen LogP) is 10.5. The third-order valence-electron chi connectivity index (χ3n) is 8.73. The molecule has 4 aromatic rings. The second-order valence-corrected chi connectivity index (χ2v) is 12.8. The van der Waals surface area contributed by atoms with E-state index in [1.54, 1.807) is 61.5 Å². The Morgan fingerprint density at radius 3 is 2.00 bits per heavy atom. The van der Waals surface area contributed by atoms with Crippen LogP contribution in [0.15, 0.2) is 91.0 Å². The number of para-hydroxylation sites is 1. The number of esters is 2. The highest BCUT2D eigenvalue weighted by Crippen LogP contribution is 2.27. The van der Waals surface area contributed by atoms with E-state index in [1.165, 1.54) is 23.7 Å². The third-order valence-corrected chi connectivity index (χ3v) is 8.73. The third kappa shape index (κ3) is 11.3. The molecule has 3 aromatic carbocycles. The van der Waals surface area contributed by atoms with Gasteiger partial charge in [-0.15, -0.1) is 0 Å². The number of ether oxygens (including phenoxy) is 3. The first-order chi connectivity index (χ1) is 24.3. The van der Waals surface area contributed by atoms with Crippen LogP contribution in [0.2, 0.25) is 0 Å². The van der Waals surface area contributed by atoms with Crippen molar-refractivity contribution in [2.75, 3.05) is 13.2 Å². The molecule has 50 heavy (non-hydrogen) atoms. The van der Waals surface area contributed by atoms with Crippen molar-refractivity contribution in [3.05, 3.63) is 113 Å². The van der Waals surface area contributed by atoms with E-state index in [1.807, 2.05) is 18.2 Å². The molecular weight excluding hydrogens is 626 g/mol. The SMILES string of the molecule is C=C(C)C(=O)OCCCCCCCCCCOc1ccc(C(=O)Oc2ccc(C(=O)/C=C/c3c(C)c4ccccc4n3CCCC)cc2)cc1. The summed E-state index contributed by atoms with van der Waals surface area (Å²) >= 11 is 0. The van der Waals surface area contributed by atoms with Crippen molar-refractivity contribution in [1.29, 1.82) is 0 Å². The molecule has 0 radical (unpaired) electrons. The van der Waals surface area contributed by atoms with E-state index in [9.17, 15) is 14.4 Å². The van der Waals surface area contributed by atoms with E-state index in [4.69, 9.17) is 14.2 Å². The van der Waals surface area contributed by atoms with Crippen molar-refractivity contribution in [1.82, 2.24) is 4.57 Å². The smallest absolute Gasteiger partial charge is 0.343 e. The number of carbonyl (C=O) groups is 3. The summed E-state index contributed by atoms with van der Waals surface area (Å²) in [6.07, 6.45) is 14.4. The summed E-state index contributed by atoms with van der Waals surface area (Å²) < 4.78 is 18.8. The Hall–Kier alpha value is -4.91. The van der Waals surface area contributed by atoms with E-state index < -0.39 is 5.97 Å². The van der Waals surface area contributed by atoms with Gasteiger partial charge in [0.05, 0.1) is 18.8 Å². The van der Waals surface area contributed by atoms with Crippen LogP contribution in [0.1, 0.15) is 110 Å². The Morgan fingerprint density at radius 2 is 1.34 bits per heavy atom. The molecule has 0 atom stereocenters. The zero-order valence-corrected chi connectivity index (χ0v) is 29.9. The molecule has 7 nitrogen and oxygen atoms in total. The quantitative estimate of drug-likeness (QED) is 0.0287. The number of aryl methyl sites for hydroxylation is 2. The van der Waals surface area contributed by atoms with Crippen molar-refractivity contribution >= 4 is 34.7 Å². The first kappa shape index (κ1) is 37.9. The first-order valence-corrected chi connectivity index (χ1v) is 18.0. The summed E-state index contributed by atoms with van der Waals surface area (Å²) in [5, 5.41) is 1.20. The molecule has 1 heterocycles. The second kappa shape index (κ2) is 19.9. The number of fused-ring (bicyclic) bond motifs is 1. The number of hydrogen-bond acceptors (Lipinski definition) is 6. The van der Waals surface area contributed by atoms with Crippen molar-refractivity contribution in [2.24, 2.45) is 0 Å². The van der Waals surface area contributed by atoms with Gasteiger partial charge in [0.25, 0.3) is 0 Å². The molecule has 0 saturated heterocycles. The fraction of sp³-hybridized carbons (Fsp3) is 0.372. The highest BCUT2D eigenvalue weighted by atomic mass is 16.5. The van der Waals surface area contributed by atoms with Crippen LogP contribution in [0.5, 0.6) is 11.5 Å². The number of allylic oxidation sites excluding steroid dienone is 1. The van der Waals surface area contributed by atoms with E-state index in [0.717, 1.165) is 69.2 Å². The van der Waals surface area contributed by atoms with Crippen LogP contribution in [0.3, 0.4) is 0 Å². The molecular formula is C43H51NO6. The minimum atomic E-state index is -0.473. The largest absolute Gasteiger partial charge is 0.494 e. The zero-order chi connectivity index (χ0) is 35.7. The Morgan fingerprint density at radius 1 is 0.740 bits per heavy atom. The number of rotatable bonds is 21. The molecule has 1 aromatic heterocycles. The van der Waals surface area contributed by atoms with Gasteiger partial charge in [-0.3, -0.25) is 4.79 Å². The van der Waals surface area contributed by atoms with Gasteiger partial charge >= 0.3 is 11.9 Å². The van der Waals surface area contributed by atoms with Gasteiger partial charge in [0, 0.05) is 34.3 Å². The molecule has 0 spiro atoms. The number of aromatic nitrogens is 1. The van der Waals surface area contributed by atoms with Gasteiger partial charge in [-0.25, -0.2) is 9.59 Å². The van der Waals surface area contributed by atoms with E-state index >= 15 is 0 Å². The molecule has 4 rings (SSSR count). The monoisotopic (exact) mass is 677 g/mol. The van der Waals surface area contributed by atoms with Gasteiger partial charge in [-0.2, -0.15) is 0 Å². The summed E-state index contributed by atoms with van der Waals surface area (Å²) in [4.78, 5) is 37.2. The van der Waals surface area contributed by atoms with Crippen LogP contribution >= 0.6 is 0 Å². The molecule has 0 saturated carbocycles. The first-order valence-electron chi connectivity index (χ1n) is 18.0. The Balaban J connectivity index is 1.15. The highest BCUT2D eigenvalue weighted by molar-refractivity contribution is 6.07. The predicted molar refractivity (Wildman–Crippen MR) is 201 cm³/mol. The Labute approximate surface area is 296 Å². The molecule has 0 aliphatic carbocycles. The molecule has 7 heteroatoms. The second-order valence-electron chi connectivity index (χ2n) is 12.8. The number of nitrogens with zero attached hydrogens (tertiary/aromatic N) is 1. The van der Waals surface area contributed by atoms with Crippen LogP contribution in [-0.2, 0) is 16.1 Å². The molecule has 264 valence electrons. The fourth-order valence-electron chi connectivity index (χ4n) is 5.80.